The maximum absolute atomic E-state index is 13.9. The number of hydrogen-bond donors (Lipinski definition) is 1. The molecule has 0 spiro atoms. The Labute approximate surface area is 134 Å². The molecule has 0 bridgehead atoms. The first-order valence-corrected chi connectivity index (χ1v) is 7.94. The third kappa shape index (κ3) is 2.90. The molecule has 0 radical (unpaired) electrons. The zero-order valence-corrected chi connectivity index (χ0v) is 12.8. The molecule has 122 valence electrons. The number of alkyl halides is 2. The van der Waals surface area contributed by atoms with Gasteiger partial charge >= 0.3 is 0 Å². The largest absolute Gasteiger partial charge is 0.457 e. The van der Waals surface area contributed by atoms with E-state index in [2.05, 4.69) is 0 Å². The lowest BCUT2D eigenvalue weighted by Gasteiger charge is -2.15. The molecule has 7 heteroatoms. The van der Waals surface area contributed by atoms with Crippen molar-refractivity contribution < 1.29 is 27.4 Å². The van der Waals surface area contributed by atoms with E-state index in [0.29, 0.717) is 11.0 Å². The van der Waals surface area contributed by atoms with Crippen molar-refractivity contribution in [1.82, 2.24) is 0 Å². The van der Waals surface area contributed by atoms with E-state index in [0.717, 1.165) is 12.1 Å². The molecule has 23 heavy (non-hydrogen) atoms. The lowest BCUT2D eigenvalue weighted by atomic mass is 10.1. The highest BCUT2D eigenvalue weighted by atomic mass is 32.2. The summed E-state index contributed by atoms with van der Waals surface area (Å²) in [7, 11) is 0. The average molecular weight is 344 g/mol. The van der Waals surface area contributed by atoms with Crippen LogP contribution in [0.15, 0.2) is 35.2 Å². The van der Waals surface area contributed by atoms with Crippen molar-refractivity contribution in [1.29, 1.82) is 0 Å². The van der Waals surface area contributed by atoms with Crippen LogP contribution in [-0.2, 0) is 6.42 Å². The minimum Gasteiger partial charge on any atom is -0.457 e. The summed E-state index contributed by atoms with van der Waals surface area (Å²) in [5, 5.41) is 9.86. The van der Waals surface area contributed by atoms with Crippen molar-refractivity contribution in [2.75, 3.05) is 6.26 Å². The molecule has 0 aromatic heterocycles. The van der Waals surface area contributed by atoms with Crippen LogP contribution >= 0.6 is 11.8 Å². The zero-order valence-electron chi connectivity index (χ0n) is 11.9. The van der Waals surface area contributed by atoms with Crippen molar-refractivity contribution in [3.63, 3.8) is 0 Å². The molecule has 0 saturated heterocycles. The number of rotatable bonds is 3. The number of hydrogen-bond acceptors (Lipinski definition) is 3. The van der Waals surface area contributed by atoms with Crippen LogP contribution in [0.1, 0.15) is 17.2 Å². The van der Waals surface area contributed by atoms with Crippen LogP contribution in [0, 0.1) is 11.6 Å². The Bertz CT molecular complexity index is 744. The van der Waals surface area contributed by atoms with E-state index in [-0.39, 0.29) is 22.6 Å². The Morgan fingerprint density at radius 3 is 2.43 bits per heavy atom. The second-order valence-electron chi connectivity index (χ2n) is 5.21. The molecule has 1 atom stereocenters. The predicted molar refractivity (Wildman–Crippen MR) is 78.3 cm³/mol. The first-order valence-electron chi connectivity index (χ1n) is 6.71. The second kappa shape index (κ2) is 5.72. The number of ether oxygens (including phenoxy) is 1. The number of aliphatic hydroxyl groups is 1. The van der Waals surface area contributed by atoms with Gasteiger partial charge in [-0.05, 0) is 18.4 Å². The Kier molecular flexibility index (Phi) is 4.01. The number of aliphatic hydroxyl groups excluding tert-OH is 1. The Hall–Kier alpha value is -1.73. The molecule has 2 aromatic carbocycles. The molecule has 1 N–H and O–H groups in total. The monoisotopic (exact) mass is 344 g/mol. The zero-order chi connectivity index (χ0) is 16.8. The number of fused-ring (bicyclic) bond motifs is 1. The molecule has 1 aliphatic carbocycles. The molecule has 0 heterocycles. The van der Waals surface area contributed by atoms with Gasteiger partial charge in [0.2, 0.25) is 0 Å². The fraction of sp³-hybridized carbons (Fsp3) is 0.250. The average Bonchev–Trinajstić information content (AvgIpc) is 2.70. The smallest absolute Gasteiger partial charge is 0.281 e. The SMILES string of the molecule is CSc1ccc(Oc2cc(F)cc(F)c2)c2c1C(O)C(F)(F)C2. The van der Waals surface area contributed by atoms with Crippen molar-refractivity contribution in [3.8, 4) is 11.5 Å². The highest BCUT2D eigenvalue weighted by molar-refractivity contribution is 7.98. The van der Waals surface area contributed by atoms with Crippen molar-refractivity contribution >= 4 is 11.8 Å². The van der Waals surface area contributed by atoms with E-state index >= 15 is 0 Å². The summed E-state index contributed by atoms with van der Waals surface area (Å²) in [4.78, 5) is 0.516. The van der Waals surface area contributed by atoms with Crippen molar-refractivity contribution in [2.45, 2.75) is 23.3 Å². The summed E-state index contributed by atoms with van der Waals surface area (Å²) in [6.45, 7) is 0. The molecule has 0 amide bonds. The van der Waals surface area contributed by atoms with Gasteiger partial charge in [-0.25, -0.2) is 17.6 Å². The van der Waals surface area contributed by atoms with Gasteiger partial charge in [-0.15, -0.1) is 11.8 Å². The highest BCUT2D eigenvalue weighted by Crippen LogP contribution is 2.50. The lowest BCUT2D eigenvalue weighted by Crippen LogP contribution is -2.21. The third-order valence-corrected chi connectivity index (χ3v) is 4.44. The first-order chi connectivity index (χ1) is 10.8. The fourth-order valence-electron chi connectivity index (χ4n) is 2.64. The molecule has 2 nitrogen and oxygen atoms in total. The van der Waals surface area contributed by atoms with Crippen molar-refractivity contribution in [3.05, 3.63) is 53.1 Å². The van der Waals surface area contributed by atoms with Crippen molar-refractivity contribution in [2.24, 2.45) is 0 Å². The standard InChI is InChI=1S/C16H12F4O2S/c1-23-13-3-2-12(11-7-16(19,20)15(21)14(11)13)22-10-5-8(17)4-9(18)6-10/h2-6,15,21H,7H2,1H3. The van der Waals surface area contributed by atoms with Gasteiger partial charge in [0.25, 0.3) is 5.92 Å². The van der Waals surface area contributed by atoms with E-state index in [9.17, 15) is 22.7 Å². The summed E-state index contributed by atoms with van der Waals surface area (Å²) in [5.41, 5.74) is 0.260. The molecule has 1 aliphatic rings. The molecule has 0 saturated carbocycles. The van der Waals surface area contributed by atoms with Gasteiger partial charge in [-0.3, -0.25) is 0 Å². The second-order valence-corrected chi connectivity index (χ2v) is 6.05. The van der Waals surface area contributed by atoms with Gasteiger partial charge in [0.05, 0.1) is 0 Å². The van der Waals surface area contributed by atoms with Gasteiger partial charge in [0, 0.05) is 40.6 Å². The molecule has 0 aliphatic heterocycles. The van der Waals surface area contributed by atoms with Gasteiger partial charge in [0.15, 0.2) is 0 Å². The summed E-state index contributed by atoms with van der Waals surface area (Å²) in [6, 6.07) is 5.61. The van der Waals surface area contributed by atoms with Crippen LogP contribution in [0.3, 0.4) is 0 Å². The van der Waals surface area contributed by atoms with E-state index in [4.69, 9.17) is 4.74 Å². The van der Waals surface area contributed by atoms with Crippen LogP contribution in [-0.4, -0.2) is 17.3 Å². The summed E-state index contributed by atoms with van der Waals surface area (Å²) in [6.07, 6.45) is -0.903. The van der Waals surface area contributed by atoms with Crippen LogP contribution in [0.2, 0.25) is 0 Å². The summed E-state index contributed by atoms with van der Waals surface area (Å²) in [5.74, 6) is -5.05. The quantitative estimate of drug-likeness (QED) is 0.646. The van der Waals surface area contributed by atoms with Crippen LogP contribution < -0.4 is 4.74 Å². The predicted octanol–water partition coefficient (Wildman–Crippen LogP) is 4.70. The minimum atomic E-state index is -3.31. The molecule has 1 unspecified atom stereocenters. The number of thioether (sulfide) groups is 1. The van der Waals surface area contributed by atoms with Gasteiger partial charge in [0.1, 0.15) is 29.2 Å². The third-order valence-electron chi connectivity index (χ3n) is 3.64. The molecule has 3 rings (SSSR count). The van der Waals surface area contributed by atoms with E-state index in [1.807, 2.05) is 0 Å². The first kappa shape index (κ1) is 16.1. The lowest BCUT2D eigenvalue weighted by molar-refractivity contribution is -0.0976. The topological polar surface area (TPSA) is 29.5 Å². The van der Waals surface area contributed by atoms with Gasteiger partial charge in [-0.2, -0.15) is 0 Å². The van der Waals surface area contributed by atoms with E-state index in [1.54, 1.807) is 12.3 Å². The Balaban J connectivity index is 2.05. The number of benzene rings is 2. The number of halogens is 4. The fourth-order valence-corrected chi connectivity index (χ4v) is 3.30. The molecular formula is C16H12F4O2S. The van der Waals surface area contributed by atoms with Gasteiger partial charge < -0.3 is 9.84 Å². The summed E-state index contributed by atoms with van der Waals surface area (Å²) >= 11 is 1.23. The Morgan fingerprint density at radius 1 is 1.17 bits per heavy atom. The maximum atomic E-state index is 13.9. The van der Waals surface area contributed by atoms with Crippen LogP contribution in [0.25, 0.3) is 0 Å². The molecular weight excluding hydrogens is 332 g/mol. The summed E-state index contributed by atoms with van der Waals surface area (Å²) < 4.78 is 59.6. The Morgan fingerprint density at radius 2 is 1.83 bits per heavy atom. The van der Waals surface area contributed by atoms with Crippen LogP contribution in [0.5, 0.6) is 11.5 Å². The van der Waals surface area contributed by atoms with Gasteiger partial charge in [-0.1, -0.05) is 0 Å². The minimum absolute atomic E-state index is 0.0547. The normalized spacial score (nSPS) is 18.8. The van der Waals surface area contributed by atoms with E-state index < -0.39 is 30.1 Å². The maximum Gasteiger partial charge on any atom is 0.281 e. The van der Waals surface area contributed by atoms with Crippen LogP contribution in [0.4, 0.5) is 17.6 Å². The highest BCUT2D eigenvalue weighted by Gasteiger charge is 2.49. The molecule has 2 aromatic rings. The molecule has 0 fully saturated rings. The van der Waals surface area contributed by atoms with E-state index in [1.165, 1.54) is 17.8 Å².